The Bertz CT molecular complexity index is 230. The smallest absolute Gasteiger partial charge is 0.335 e. The zero-order chi connectivity index (χ0) is 14.2. The highest BCUT2D eigenvalue weighted by Gasteiger charge is 2.23. The Kier molecular flexibility index (Phi) is 8.50. The molecule has 4 N–H and O–H groups in total. The second-order valence-electron chi connectivity index (χ2n) is 4.28. The van der Waals surface area contributed by atoms with Crippen LogP contribution in [0.3, 0.4) is 0 Å². The minimum absolute atomic E-state index is 0.281. The first-order valence-corrected chi connectivity index (χ1v) is 4.74. The van der Waals surface area contributed by atoms with E-state index < -0.39 is 24.1 Å². The van der Waals surface area contributed by atoms with E-state index in [0.717, 1.165) is 11.0 Å². The summed E-state index contributed by atoms with van der Waals surface area (Å²) in [7, 11) is 6.16. The normalized spacial score (nSPS) is 14.2. The molecule has 0 aliphatic heterocycles. The number of hydrogen-bond donors (Lipinski definition) is 4. The van der Waals surface area contributed by atoms with Crippen molar-refractivity contribution in [2.75, 3.05) is 34.3 Å². The molecule has 0 aromatic heterocycles. The summed E-state index contributed by atoms with van der Waals surface area (Å²) in [6, 6.07) is 0. The largest absolute Gasteiger partial charge is 0.547 e. The zero-order valence-electron chi connectivity index (χ0n) is 10.0. The van der Waals surface area contributed by atoms with E-state index in [0.29, 0.717) is 0 Å². The van der Waals surface area contributed by atoms with Gasteiger partial charge in [-0.2, -0.15) is 0 Å². The van der Waals surface area contributed by atoms with Gasteiger partial charge in [-0.05, 0) is 0 Å². The van der Waals surface area contributed by atoms with Crippen molar-refractivity contribution < 1.29 is 39.6 Å². The molecule has 17 heavy (non-hydrogen) atoms. The van der Waals surface area contributed by atoms with Gasteiger partial charge in [-0.1, -0.05) is 0 Å². The molecule has 0 bridgehead atoms. The van der Waals surface area contributed by atoms with E-state index in [9.17, 15) is 14.7 Å². The van der Waals surface area contributed by atoms with Crippen LogP contribution in [0.1, 0.15) is 0 Å². The molecule has 0 aromatic rings. The van der Waals surface area contributed by atoms with E-state index in [1.165, 1.54) is 0 Å². The summed E-state index contributed by atoms with van der Waals surface area (Å²) in [4.78, 5) is 19.4. The predicted octanol–water partition coefficient (Wildman–Crippen LogP) is -3.77. The predicted molar refractivity (Wildman–Crippen MR) is 54.6 cm³/mol. The standard InChI is InChI=1S/C5H14NO.C4H6O6/c1-6(2,3)4-5-7;5-1(3(7)8)2(6)4(9)10/h7H,4-5H2,1-3H3;1-2,5-6H,(H,7,8)(H,9,10)/q+1;/p-1/t;1-,2-/m.0/s1. The summed E-state index contributed by atoms with van der Waals surface area (Å²) >= 11 is 0. The molecule has 102 valence electrons. The fourth-order valence-electron chi connectivity index (χ4n) is 0.564. The first-order valence-electron chi connectivity index (χ1n) is 4.74. The Morgan fingerprint density at radius 1 is 1.18 bits per heavy atom. The van der Waals surface area contributed by atoms with Crippen molar-refractivity contribution in [2.24, 2.45) is 0 Å². The van der Waals surface area contributed by atoms with Gasteiger partial charge in [0, 0.05) is 0 Å². The number of rotatable bonds is 5. The first kappa shape index (κ1) is 18.2. The molecule has 0 aromatic carbocycles. The van der Waals surface area contributed by atoms with E-state index in [1.807, 2.05) is 0 Å². The lowest BCUT2D eigenvalue weighted by Crippen LogP contribution is -2.46. The highest BCUT2D eigenvalue weighted by atomic mass is 16.4. The highest BCUT2D eigenvalue weighted by Crippen LogP contribution is 1.90. The van der Waals surface area contributed by atoms with Crippen LogP contribution in [0.2, 0.25) is 0 Å². The number of nitrogens with zero attached hydrogens (tertiary/aromatic N) is 1. The van der Waals surface area contributed by atoms with Gasteiger partial charge in [-0.15, -0.1) is 0 Å². The van der Waals surface area contributed by atoms with Crippen LogP contribution in [0.4, 0.5) is 0 Å². The number of carboxylic acid groups (broad SMARTS) is 2. The molecule has 0 rings (SSSR count). The van der Waals surface area contributed by atoms with Crippen molar-refractivity contribution in [2.45, 2.75) is 12.2 Å². The van der Waals surface area contributed by atoms with Gasteiger partial charge in [0.2, 0.25) is 0 Å². The van der Waals surface area contributed by atoms with Gasteiger partial charge in [0.1, 0.15) is 12.6 Å². The topological polar surface area (TPSA) is 138 Å². The molecule has 0 spiro atoms. The SMILES string of the molecule is C[N+](C)(C)CCO.O=C([O-])[C@@H](O)[C@H](O)C(=O)O. The molecule has 0 saturated carbocycles. The number of aliphatic hydroxyl groups excluding tert-OH is 3. The number of carboxylic acids is 2. The number of carbonyl (C=O) groups excluding carboxylic acids is 1. The first-order chi connectivity index (χ1) is 7.52. The minimum Gasteiger partial charge on any atom is -0.547 e. The van der Waals surface area contributed by atoms with Crippen molar-refractivity contribution in [1.82, 2.24) is 0 Å². The molecule has 2 atom stereocenters. The summed E-state index contributed by atoms with van der Waals surface area (Å²) in [5.41, 5.74) is 0. The maximum absolute atomic E-state index is 9.74. The number of aliphatic carboxylic acids is 2. The van der Waals surface area contributed by atoms with Crippen molar-refractivity contribution in [3.05, 3.63) is 0 Å². The van der Waals surface area contributed by atoms with E-state index in [2.05, 4.69) is 21.1 Å². The fourth-order valence-corrected chi connectivity index (χ4v) is 0.564. The maximum atomic E-state index is 9.74. The molecule has 0 unspecified atom stereocenters. The van der Waals surface area contributed by atoms with Gasteiger partial charge in [0.25, 0.3) is 0 Å². The van der Waals surface area contributed by atoms with Gasteiger partial charge in [-0.25, -0.2) is 4.79 Å². The van der Waals surface area contributed by atoms with Crippen LogP contribution in [0.15, 0.2) is 0 Å². The van der Waals surface area contributed by atoms with Crippen molar-refractivity contribution in [3.63, 3.8) is 0 Å². The molecular formula is C9H19NO7. The molecule has 0 amide bonds. The lowest BCUT2D eigenvalue weighted by Gasteiger charge is -2.21. The summed E-state index contributed by atoms with van der Waals surface area (Å²) in [6.07, 6.45) is -4.71. The minimum atomic E-state index is -2.38. The molecular weight excluding hydrogens is 234 g/mol. The van der Waals surface area contributed by atoms with Crippen molar-refractivity contribution in [3.8, 4) is 0 Å². The lowest BCUT2D eigenvalue weighted by atomic mass is 10.2. The average Bonchev–Trinajstić information content (AvgIpc) is 2.14. The number of likely N-dealkylation sites (N-methyl/N-ethyl adjacent to an activating group) is 1. The Labute approximate surface area is 98.9 Å². The van der Waals surface area contributed by atoms with Gasteiger partial charge in [0.15, 0.2) is 6.10 Å². The molecule has 0 aliphatic rings. The van der Waals surface area contributed by atoms with E-state index >= 15 is 0 Å². The van der Waals surface area contributed by atoms with Crippen LogP contribution in [0.5, 0.6) is 0 Å². The Morgan fingerprint density at radius 2 is 1.59 bits per heavy atom. The number of hydrogen-bond acceptors (Lipinski definition) is 6. The highest BCUT2D eigenvalue weighted by molar-refractivity contribution is 5.81. The second-order valence-corrected chi connectivity index (χ2v) is 4.28. The zero-order valence-corrected chi connectivity index (χ0v) is 10.0. The Hall–Kier alpha value is -1.22. The fraction of sp³-hybridized carbons (Fsp3) is 0.778. The second kappa shape index (κ2) is 7.96. The van der Waals surface area contributed by atoms with Crippen LogP contribution in [-0.4, -0.2) is 83.4 Å². The molecule has 0 saturated heterocycles. The molecule has 0 fully saturated rings. The van der Waals surface area contributed by atoms with Crippen LogP contribution in [-0.2, 0) is 9.59 Å². The maximum Gasteiger partial charge on any atom is 0.335 e. The summed E-state index contributed by atoms with van der Waals surface area (Å²) in [5, 5.41) is 42.5. The van der Waals surface area contributed by atoms with Crippen LogP contribution in [0, 0.1) is 0 Å². The number of quaternary nitrogens is 1. The van der Waals surface area contributed by atoms with Gasteiger partial charge in [0.05, 0.1) is 33.7 Å². The monoisotopic (exact) mass is 253 g/mol. The Balaban J connectivity index is 0. The molecule has 0 heterocycles. The molecule has 0 radical (unpaired) electrons. The number of aliphatic hydroxyl groups is 3. The van der Waals surface area contributed by atoms with Gasteiger partial charge >= 0.3 is 5.97 Å². The molecule has 8 heteroatoms. The van der Waals surface area contributed by atoms with Gasteiger partial charge in [-0.3, -0.25) is 0 Å². The average molecular weight is 253 g/mol. The molecule has 0 aliphatic carbocycles. The number of carbonyl (C=O) groups is 2. The van der Waals surface area contributed by atoms with E-state index in [4.69, 9.17) is 20.4 Å². The van der Waals surface area contributed by atoms with Crippen molar-refractivity contribution in [1.29, 1.82) is 0 Å². The van der Waals surface area contributed by atoms with Crippen molar-refractivity contribution >= 4 is 11.9 Å². The summed E-state index contributed by atoms with van der Waals surface area (Å²) in [5.74, 6) is -3.83. The van der Waals surface area contributed by atoms with Crippen LogP contribution >= 0.6 is 0 Å². The summed E-state index contributed by atoms with van der Waals surface area (Å²) < 4.78 is 0.844. The summed E-state index contributed by atoms with van der Waals surface area (Å²) in [6.45, 7) is 1.11. The third-order valence-electron chi connectivity index (χ3n) is 1.56. The van der Waals surface area contributed by atoms with Crippen LogP contribution < -0.4 is 5.11 Å². The molecule has 8 nitrogen and oxygen atoms in total. The quantitative estimate of drug-likeness (QED) is 0.369. The lowest BCUT2D eigenvalue weighted by molar-refractivity contribution is -0.870. The van der Waals surface area contributed by atoms with E-state index in [-0.39, 0.29) is 6.61 Å². The van der Waals surface area contributed by atoms with Crippen LogP contribution in [0.25, 0.3) is 0 Å². The third-order valence-corrected chi connectivity index (χ3v) is 1.56. The third kappa shape index (κ3) is 11.1. The Morgan fingerprint density at radius 3 is 1.65 bits per heavy atom. The van der Waals surface area contributed by atoms with E-state index in [1.54, 1.807) is 0 Å². The van der Waals surface area contributed by atoms with Gasteiger partial charge < -0.3 is 34.8 Å².